The van der Waals surface area contributed by atoms with E-state index in [0.29, 0.717) is 36.2 Å². The van der Waals surface area contributed by atoms with Crippen LogP contribution in [0.2, 0.25) is 0 Å². The summed E-state index contributed by atoms with van der Waals surface area (Å²) in [5, 5.41) is 0.656. The van der Waals surface area contributed by atoms with Crippen LogP contribution in [0.5, 0.6) is 0 Å². The highest BCUT2D eigenvalue weighted by Gasteiger charge is 2.30. The number of methoxy groups -OCH3 is 1. The summed E-state index contributed by atoms with van der Waals surface area (Å²) in [5.41, 5.74) is 1.04. The highest BCUT2D eigenvalue weighted by molar-refractivity contribution is 7.89. The van der Waals surface area contributed by atoms with Crippen molar-refractivity contribution < 1.29 is 13.2 Å². The van der Waals surface area contributed by atoms with Crippen molar-refractivity contribution in [2.75, 3.05) is 20.3 Å². The van der Waals surface area contributed by atoms with E-state index in [1.165, 1.54) is 16.4 Å². The molecule has 0 saturated heterocycles. The first kappa shape index (κ1) is 20.2. The summed E-state index contributed by atoms with van der Waals surface area (Å²) in [6, 6.07) is 12.7. The normalized spacial score (nSPS) is 13.1. The molecule has 7 nitrogen and oxygen atoms in total. The lowest BCUT2D eigenvalue weighted by Gasteiger charge is -2.28. The number of aromatic nitrogens is 2. The average Bonchev–Trinajstić information content (AvgIpc) is 2.70. The van der Waals surface area contributed by atoms with E-state index < -0.39 is 16.1 Å². The molecule has 0 spiro atoms. The molecule has 8 heteroatoms. The Morgan fingerprint density at radius 3 is 2.71 bits per heavy atom. The number of ether oxygens (including phenoxy) is 1. The van der Waals surface area contributed by atoms with E-state index in [1.807, 2.05) is 19.1 Å². The SMILES string of the molecule is COCCCN(C(C)c1ccccn1)S(=O)(=O)c1ccc2[nH]c(=O)ccc2c1. The minimum Gasteiger partial charge on any atom is -0.385 e. The number of benzene rings is 1. The van der Waals surface area contributed by atoms with Crippen LogP contribution in [0.3, 0.4) is 0 Å². The molecule has 0 radical (unpaired) electrons. The molecule has 3 aromatic rings. The first-order valence-corrected chi connectivity index (χ1v) is 10.4. The first-order chi connectivity index (χ1) is 13.4. The van der Waals surface area contributed by atoms with Crippen molar-refractivity contribution in [1.29, 1.82) is 0 Å². The summed E-state index contributed by atoms with van der Waals surface area (Å²) in [4.78, 5) is 18.7. The van der Waals surface area contributed by atoms with Crippen LogP contribution < -0.4 is 5.56 Å². The second kappa shape index (κ2) is 8.64. The summed E-state index contributed by atoms with van der Waals surface area (Å²) >= 11 is 0. The van der Waals surface area contributed by atoms with Gasteiger partial charge in [0, 0.05) is 38.0 Å². The second-order valence-electron chi connectivity index (χ2n) is 6.46. The molecule has 2 aromatic heterocycles. The Kier molecular flexibility index (Phi) is 6.23. The Bertz CT molecular complexity index is 1100. The number of nitrogens with one attached hydrogen (secondary N) is 1. The van der Waals surface area contributed by atoms with Crippen LogP contribution >= 0.6 is 0 Å². The zero-order valence-electron chi connectivity index (χ0n) is 15.8. The van der Waals surface area contributed by atoms with Crippen LogP contribution in [-0.2, 0) is 14.8 Å². The highest BCUT2D eigenvalue weighted by Crippen LogP contribution is 2.28. The lowest BCUT2D eigenvalue weighted by atomic mass is 10.2. The number of hydrogen-bond acceptors (Lipinski definition) is 5. The van der Waals surface area contributed by atoms with E-state index in [2.05, 4.69) is 9.97 Å². The van der Waals surface area contributed by atoms with Gasteiger partial charge in [-0.05, 0) is 55.1 Å². The summed E-state index contributed by atoms with van der Waals surface area (Å²) in [7, 11) is -2.20. The van der Waals surface area contributed by atoms with Crippen LogP contribution in [-0.4, -0.2) is 43.0 Å². The zero-order chi connectivity index (χ0) is 20.1. The number of rotatable bonds is 8. The molecule has 148 valence electrons. The summed E-state index contributed by atoms with van der Waals surface area (Å²) < 4.78 is 33.4. The molecule has 0 bridgehead atoms. The van der Waals surface area contributed by atoms with E-state index in [4.69, 9.17) is 4.74 Å². The number of sulfonamides is 1. The van der Waals surface area contributed by atoms with Crippen LogP contribution in [0.25, 0.3) is 10.9 Å². The fourth-order valence-electron chi connectivity index (χ4n) is 3.09. The molecule has 1 aromatic carbocycles. The van der Waals surface area contributed by atoms with E-state index in [0.717, 1.165) is 0 Å². The van der Waals surface area contributed by atoms with E-state index >= 15 is 0 Å². The van der Waals surface area contributed by atoms with Crippen LogP contribution in [0, 0.1) is 0 Å². The zero-order valence-corrected chi connectivity index (χ0v) is 16.6. The number of hydrogen-bond donors (Lipinski definition) is 1. The smallest absolute Gasteiger partial charge is 0.248 e. The number of fused-ring (bicyclic) bond motifs is 1. The molecule has 1 atom stereocenters. The van der Waals surface area contributed by atoms with Crippen molar-refractivity contribution in [3.8, 4) is 0 Å². The molecule has 0 aliphatic carbocycles. The van der Waals surface area contributed by atoms with E-state index in [-0.39, 0.29) is 10.5 Å². The number of nitrogens with zero attached hydrogens (tertiary/aromatic N) is 2. The predicted molar refractivity (Wildman–Crippen MR) is 108 cm³/mol. The van der Waals surface area contributed by atoms with Gasteiger partial charge in [-0.25, -0.2) is 8.42 Å². The Morgan fingerprint density at radius 1 is 1.18 bits per heavy atom. The summed E-state index contributed by atoms with van der Waals surface area (Å²) in [6.45, 7) is 2.59. The van der Waals surface area contributed by atoms with Gasteiger partial charge in [0.2, 0.25) is 15.6 Å². The Labute approximate surface area is 164 Å². The maximum atomic E-state index is 13.4. The number of aromatic amines is 1. The van der Waals surface area contributed by atoms with Crippen LogP contribution in [0.4, 0.5) is 0 Å². The van der Waals surface area contributed by atoms with Gasteiger partial charge in [0.1, 0.15) is 0 Å². The standard InChI is InChI=1S/C20H23N3O4S/c1-15(18-6-3-4-11-21-18)23(12-5-13-27-2)28(25,26)17-8-9-19-16(14-17)7-10-20(24)22-19/h3-4,6-11,14-15H,5,12-13H2,1-2H3,(H,22,24). The van der Waals surface area contributed by atoms with Crippen molar-refractivity contribution in [2.24, 2.45) is 0 Å². The third-order valence-electron chi connectivity index (χ3n) is 4.58. The minimum absolute atomic E-state index is 0.173. The molecule has 28 heavy (non-hydrogen) atoms. The Balaban J connectivity index is 2.01. The maximum absolute atomic E-state index is 13.4. The van der Waals surface area contributed by atoms with Gasteiger partial charge in [0.15, 0.2) is 0 Å². The Hall–Kier alpha value is -2.55. The molecule has 2 heterocycles. The molecular weight excluding hydrogens is 378 g/mol. The number of H-pyrrole nitrogens is 1. The summed E-state index contributed by atoms with van der Waals surface area (Å²) in [6.07, 6.45) is 2.21. The summed E-state index contributed by atoms with van der Waals surface area (Å²) in [5.74, 6) is 0. The lowest BCUT2D eigenvalue weighted by molar-refractivity contribution is 0.182. The van der Waals surface area contributed by atoms with Gasteiger partial charge in [0.25, 0.3) is 0 Å². The topological polar surface area (TPSA) is 92.4 Å². The van der Waals surface area contributed by atoms with Gasteiger partial charge in [-0.3, -0.25) is 9.78 Å². The quantitative estimate of drug-likeness (QED) is 0.586. The second-order valence-corrected chi connectivity index (χ2v) is 8.35. The highest BCUT2D eigenvalue weighted by atomic mass is 32.2. The van der Waals surface area contributed by atoms with Crippen molar-refractivity contribution >= 4 is 20.9 Å². The first-order valence-electron chi connectivity index (χ1n) is 8.98. The molecule has 0 aliphatic heterocycles. The maximum Gasteiger partial charge on any atom is 0.248 e. The Morgan fingerprint density at radius 2 is 2.00 bits per heavy atom. The van der Waals surface area contributed by atoms with Gasteiger partial charge in [-0.1, -0.05) is 6.07 Å². The predicted octanol–water partition coefficient (Wildman–Crippen LogP) is 2.71. The number of pyridine rings is 2. The monoisotopic (exact) mass is 401 g/mol. The average molecular weight is 401 g/mol. The van der Waals surface area contributed by atoms with Gasteiger partial charge < -0.3 is 9.72 Å². The van der Waals surface area contributed by atoms with Crippen molar-refractivity contribution in [3.63, 3.8) is 0 Å². The fourth-order valence-corrected chi connectivity index (χ4v) is 4.77. The van der Waals surface area contributed by atoms with Gasteiger partial charge >= 0.3 is 0 Å². The molecule has 0 aliphatic rings. The van der Waals surface area contributed by atoms with E-state index in [1.54, 1.807) is 37.6 Å². The molecule has 0 amide bonds. The van der Waals surface area contributed by atoms with E-state index in [9.17, 15) is 13.2 Å². The lowest BCUT2D eigenvalue weighted by Crippen LogP contribution is -2.35. The molecule has 0 saturated carbocycles. The third-order valence-corrected chi connectivity index (χ3v) is 6.54. The molecule has 0 fully saturated rings. The van der Waals surface area contributed by atoms with Crippen molar-refractivity contribution in [1.82, 2.24) is 14.3 Å². The third kappa shape index (κ3) is 4.30. The minimum atomic E-state index is -3.78. The largest absolute Gasteiger partial charge is 0.385 e. The molecular formula is C20H23N3O4S. The van der Waals surface area contributed by atoms with Gasteiger partial charge in [-0.15, -0.1) is 0 Å². The van der Waals surface area contributed by atoms with Crippen molar-refractivity contribution in [3.05, 3.63) is 70.8 Å². The van der Waals surface area contributed by atoms with Crippen LogP contribution in [0.1, 0.15) is 25.1 Å². The van der Waals surface area contributed by atoms with Crippen molar-refractivity contribution in [2.45, 2.75) is 24.3 Å². The fraction of sp³-hybridized carbons (Fsp3) is 0.300. The molecule has 3 rings (SSSR count). The molecule has 1 unspecified atom stereocenters. The van der Waals surface area contributed by atoms with Crippen LogP contribution in [0.15, 0.2) is 64.4 Å². The van der Waals surface area contributed by atoms with Gasteiger partial charge in [-0.2, -0.15) is 4.31 Å². The van der Waals surface area contributed by atoms with Gasteiger partial charge in [0.05, 0.1) is 16.6 Å². The molecule has 1 N–H and O–H groups in total.